The van der Waals surface area contributed by atoms with Crippen LogP contribution in [0.2, 0.25) is 0 Å². The molecule has 3 aromatic rings. The van der Waals surface area contributed by atoms with Gasteiger partial charge in [-0.25, -0.2) is 4.98 Å². The van der Waals surface area contributed by atoms with Crippen LogP contribution in [-0.4, -0.2) is 69.1 Å². The highest BCUT2D eigenvalue weighted by molar-refractivity contribution is 5.85. The van der Waals surface area contributed by atoms with Crippen LogP contribution < -0.4 is 16.2 Å². The van der Waals surface area contributed by atoms with E-state index in [-0.39, 0.29) is 5.95 Å². The van der Waals surface area contributed by atoms with Gasteiger partial charge in [0.25, 0.3) is 0 Å². The second-order valence-corrected chi connectivity index (χ2v) is 8.58. The molecule has 4 N–H and O–H groups in total. The van der Waals surface area contributed by atoms with E-state index in [1.807, 2.05) is 6.20 Å². The topological polar surface area (TPSA) is 130 Å². The monoisotopic (exact) mass is 438 g/mol. The number of hydrogen-bond acceptors (Lipinski definition) is 9. The van der Waals surface area contributed by atoms with Crippen LogP contribution >= 0.6 is 0 Å². The quantitative estimate of drug-likeness (QED) is 0.612. The molecule has 0 unspecified atom stereocenters. The van der Waals surface area contributed by atoms with E-state index in [2.05, 4.69) is 26.0 Å². The van der Waals surface area contributed by atoms with Gasteiger partial charge in [-0.3, -0.25) is 9.67 Å². The van der Waals surface area contributed by atoms with Crippen LogP contribution in [0, 0.1) is 0 Å². The molecule has 32 heavy (non-hydrogen) atoms. The van der Waals surface area contributed by atoms with Crippen molar-refractivity contribution in [2.24, 2.45) is 0 Å². The Morgan fingerprint density at radius 1 is 1.09 bits per heavy atom. The predicted octanol–water partition coefficient (Wildman–Crippen LogP) is 1.80. The molecule has 0 bridgehead atoms. The number of anilines is 2. The number of fused-ring (bicyclic) bond motifs is 1. The summed E-state index contributed by atoms with van der Waals surface area (Å²) in [6.07, 6.45) is 8.06. The second-order valence-electron chi connectivity index (χ2n) is 8.58. The third-order valence-corrected chi connectivity index (χ3v) is 6.69. The Morgan fingerprint density at radius 3 is 2.62 bits per heavy atom. The Labute approximate surface area is 186 Å². The van der Waals surface area contributed by atoms with Gasteiger partial charge in [0.1, 0.15) is 16.8 Å². The number of piperidine rings is 1. The highest BCUT2D eigenvalue weighted by Crippen LogP contribution is 2.32. The summed E-state index contributed by atoms with van der Waals surface area (Å²) in [6, 6.07) is 2.75. The highest BCUT2D eigenvalue weighted by Gasteiger charge is 2.28. The van der Waals surface area contributed by atoms with Gasteiger partial charge in [-0.15, -0.1) is 0 Å². The Balaban J connectivity index is 1.31. The highest BCUT2D eigenvalue weighted by atomic mass is 16.5. The smallest absolute Gasteiger partial charge is 0.222 e. The van der Waals surface area contributed by atoms with E-state index in [4.69, 9.17) is 25.9 Å². The molecule has 0 radical (unpaired) electrons. The maximum atomic E-state index is 6.06. The van der Waals surface area contributed by atoms with Gasteiger partial charge in [-0.2, -0.15) is 10.1 Å². The van der Waals surface area contributed by atoms with Crippen LogP contribution in [0.4, 0.5) is 11.8 Å². The van der Waals surface area contributed by atoms with Crippen LogP contribution in [0.15, 0.2) is 18.5 Å². The SMILES string of the molecule is COc1cc(C2CCN(C3CCOCC3)CC2)ncc1Cn1ncc2nc(N)nc(N)c21. The lowest BCUT2D eigenvalue weighted by Crippen LogP contribution is -2.43. The standard InChI is InChI=1S/C22H30N8O2/c1-31-19-10-17(14-2-6-29(7-3-14)16-4-8-32-9-5-16)25-11-15(19)13-30-20-18(12-26-30)27-22(24)28-21(20)23/h10-12,14,16H,2-9,13H2,1H3,(H4,23,24,27,28). The Hall–Kier alpha value is -2.98. The molecule has 170 valence electrons. The maximum Gasteiger partial charge on any atom is 0.222 e. The lowest BCUT2D eigenvalue weighted by atomic mass is 9.91. The first kappa shape index (κ1) is 20.9. The van der Waals surface area contributed by atoms with Crippen molar-refractivity contribution in [3.05, 3.63) is 29.7 Å². The molecule has 3 aromatic heterocycles. The molecule has 0 saturated carbocycles. The number of ether oxygens (including phenoxy) is 2. The van der Waals surface area contributed by atoms with Crippen molar-refractivity contribution >= 4 is 22.8 Å². The van der Waals surface area contributed by atoms with Crippen LogP contribution in [0.3, 0.4) is 0 Å². The molecule has 5 heterocycles. The molecule has 0 aliphatic carbocycles. The number of pyridine rings is 1. The average Bonchev–Trinajstić information content (AvgIpc) is 3.22. The zero-order chi connectivity index (χ0) is 22.1. The summed E-state index contributed by atoms with van der Waals surface area (Å²) in [6.45, 7) is 4.47. The predicted molar refractivity (Wildman–Crippen MR) is 121 cm³/mol. The molecule has 2 fully saturated rings. The van der Waals surface area contributed by atoms with E-state index in [1.165, 1.54) is 0 Å². The molecular formula is C22H30N8O2. The number of aromatic nitrogens is 5. The van der Waals surface area contributed by atoms with E-state index in [9.17, 15) is 0 Å². The number of rotatable bonds is 5. The Morgan fingerprint density at radius 2 is 1.88 bits per heavy atom. The fourth-order valence-corrected chi connectivity index (χ4v) is 4.95. The summed E-state index contributed by atoms with van der Waals surface area (Å²) < 4.78 is 13.0. The number of likely N-dealkylation sites (tertiary alicyclic amines) is 1. The first-order chi connectivity index (χ1) is 15.6. The number of methoxy groups -OCH3 is 1. The zero-order valence-corrected chi connectivity index (χ0v) is 18.4. The summed E-state index contributed by atoms with van der Waals surface area (Å²) in [7, 11) is 1.69. The Bertz CT molecular complexity index is 1090. The third kappa shape index (κ3) is 4.07. The van der Waals surface area contributed by atoms with E-state index in [1.54, 1.807) is 18.0 Å². The first-order valence-corrected chi connectivity index (χ1v) is 11.2. The van der Waals surface area contributed by atoms with Gasteiger partial charge in [0.15, 0.2) is 5.82 Å². The summed E-state index contributed by atoms with van der Waals surface area (Å²) in [5, 5.41) is 4.41. The van der Waals surface area contributed by atoms with Gasteiger partial charge in [0, 0.05) is 48.7 Å². The van der Waals surface area contributed by atoms with Crippen LogP contribution in [-0.2, 0) is 11.3 Å². The van der Waals surface area contributed by atoms with E-state index in [0.29, 0.717) is 35.4 Å². The molecule has 10 heteroatoms. The minimum absolute atomic E-state index is 0.140. The second kappa shape index (κ2) is 8.87. The van der Waals surface area contributed by atoms with Crippen molar-refractivity contribution in [2.75, 3.05) is 44.9 Å². The summed E-state index contributed by atoms with van der Waals surface area (Å²) in [5.41, 5.74) is 15.1. The van der Waals surface area contributed by atoms with Gasteiger partial charge in [-0.05, 0) is 38.8 Å². The first-order valence-electron chi connectivity index (χ1n) is 11.2. The van der Waals surface area contributed by atoms with Gasteiger partial charge in [-0.1, -0.05) is 0 Å². The van der Waals surface area contributed by atoms with Crippen LogP contribution in [0.5, 0.6) is 5.75 Å². The minimum Gasteiger partial charge on any atom is -0.496 e. The minimum atomic E-state index is 0.140. The molecule has 0 atom stereocenters. The van der Waals surface area contributed by atoms with E-state index < -0.39 is 0 Å². The summed E-state index contributed by atoms with van der Waals surface area (Å²) in [4.78, 5) is 15.7. The van der Waals surface area contributed by atoms with E-state index in [0.717, 1.165) is 69.0 Å². The van der Waals surface area contributed by atoms with Gasteiger partial charge in [0.05, 0.1) is 19.9 Å². The van der Waals surface area contributed by atoms with Crippen LogP contribution in [0.1, 0.15) is 42.9 Å². The molecule has 2 aliphatic rings. The molecule has 2 saturated heterocycles. The molecule has 5 rings (SSSR count). The molecule has 2 aliphatic heterocycles. The van der Waals surface area contributed by atoms with Crippen molar-refractivity contribution in [3.63, 3.8) is 0 Å². The van der Waals surface area contributed by atoms with Gasteiger partial charge >= 0.3 is 0 Å². The number of nitrogen functional groups attached to an aromatic ring is 2. The van der Waals surface area contributed by atoms with Crippen molar-refractivity contribution in [3.8, 4) is 5.75 Å². The van der Waals surface area contributed by atoms with Crippen molar-refractivity contribution in [1.29, 1.82) is 0 Å². The fourth-order valence-electron chi connectivity index (χ4n) is 4.95. The third-order valence-electron chi connectivity index (χ3n) is 6.69. The van der Waals surface area contributed by atoms with Crippen LogP contribution in [0.25, 0.3) is 11.0 Å². The van der Waals surface area contributed by atoms with Gasteiger partial charge in [0.2, 0.25) is 5.95 Å². The largest absolute Gasteiger partial charge is 0.496 e. The normalized spacial score (nSPS) is 18.9. The van der Waals surface area contributed by atoms with Crippen molar-refractivity contribution in [2.45, 2.75) is 44.2 Å². The molecule has 0 spiro atoms. The lowest BCUT2D eigenvalue weighted by Gasteiger charge is -2.39. The summed E-state index contributed by atoms with van der Waals surface area (Å²) >= 11 is 0. The zero-order valence-electron chi connectivity index (χ0n) is 18.4. The van der Waals surface area contributed by atoms with Gasteiger partial charge < -0.3 is 25.8 Å². The molecule has 0 aromatic carbocycles. The average molecular weight is 439 g/mol. The lowest BCUT2D eigenvalue weighted by molar-refractivity contribution is 0.0250. The number of nitrogens with two attached hydrogens (primary N) is 2. The maximum absolute atomic E-state index is 6.06. The Kier molecular flexibility index (Phi) is 5.79. The molecule has 10 nitrogen and oxygen atoms in total. The van der Waals surface area contributed by atoms with Crippen molar-refractivity contribution in [1.82, 2.24) is 29.6 Å². The number of nitrogens with zero attached hydrogens (tertiary/aromatic N) is 6. The fraction of sp³-hybridized carbons (Fsp3) is 0.545. The van der Waals surface area contributed by atoms with Crippen molar-refractivity contribution < 1.29 is 9.47 Å². The number of hydrogen-bond donors (Lipinski definition) is 2. The molecular weight excluding hydrogens is 408 g/mol. The van der Waals surface area contributed by atoms with E-state index >= 15 is 0 Å². The molecule has 0 amide bonds. The summed E-state index contributed by atoms with van der Waals surface area (Å²) in [5.74, 6) is 1.71.